The Labute approximate surface area is 151 Å². The molecule has 0 spiro atoms. The second-order valence-corrected chi connectivity index (χ2v) is 9.72. The largest absolute Gasteiger partial charge is 0.244 e. The number of hydrogen-bond donors (Lipinski definition) is 1. The predicted octanol–water partition coefficient (Wildman–Crippen LogP) is 3.44. The van der Waals surface area contributed by atoms with Gasteiger partial charge in [-0.15, -0.1) is 0 Å². The van der Waals surface area contributed by atoms with Gasteiger partial charge in [-0.05, 0) is 36.8 Å². The first-order valence-corrected chi connectivity index (χ1v) is 10.9. The summed E-state index contributed by atoms with van der Waals surface area (Å²) >= 11 is 11.9. The van der Waals surface area contributed by atoms with E-state index in [1.165, 1.54) is 24.3 Å². The fraction of sp³-hybridized carbons (Fsp3) is 0.200. The lowest BCUT2D eigenvalue weighted by molar-refractivity contribution is 0.566. The summed E-state index contributed by atoms with van der Waals surface area (Å²) in [5.41, 5.74) is 0.606. The first-order chi connectivity index (χ1) is 11.0. The lowest BCUT2D eigenvalue weighted by Crippen LogP contribution is -2.27. The molecule has 1 N–H and O–H groups in total. The van der Waals surface area contributed by atoms with Crippen LogP contribution in [0.25, 0.3) is 0 Å². The molecule has 0 heterocycles. The average Bonchev–Trinajstić information content (AvgIpc) is 2.45. The van der Waals surface area contributed by atoms with E-state index in [-0.39, 0.29) is 19.8 Å². The average molecular weight is 408 g/mol. The molecule has 2 aromatic carbocycles. The maximum Gasteiger partial charge on any atom is 0.244 e. The topological polar surface area (TPSA) is 80.3 Å². The summed E-state index contributed by atoms with van der Waals surface area (Å²) in [6.07, 6.45) is 1.10. The van der Waals surface area contributed by atoms with E-state index in [9.17, 15) is 16.8 Å². The summed E-state index contributed by atoms with van der Waals surface area (Å²) < 4.78 is 50.4. The van der Waals surface area contributed by atoms with Gasteiger partial charge in [0.05, 0.1) is 14.9 Å². The molecule has 0 saturated carbocycles. The number of nitrogens with one attached hydrogen (secondary N) is 1. The first kappa shape index (κ1) is 19.2. The van der Waals surface area contributed by atoms with Crippen LogP contribution in [-0.2, 0) is 19.9 Å². The second kappa shape index (κ2) is 7.01. The quantitative estimate of drug-likeness (QED) is 0.822. The zero-order chi connectivity index (χ0) is 18.1. The van der Waals surface area contributed by atoms with Crippen molar-refractivity contribution in [2.75, 3.05) is 6.26 Å². The minimum Gasteiger partial charge on any atom is -0.224 e. The van der Waals surface area contributed by atoms with Crippen LogP contribution in [0.3, 0.4) is 0 Å². The van der Waals surface area contributed by atoms with Gasteiger partial charge >= 0.3 is 0 Å². The van der Waals surface area contributed by atoms with Crippen LogP contribution in [0.5, 0.6) is 0 Å². The van der Waals surface area contributed by atoms with E-state index < -0.39 is 25.9 Å². The normalized spacial score (nSPS) is 13.7. The van der Waals surface area contributed by atoms with Gasteiger partial charge in [-0.25, -0.2) is 21.6 Å². The Morgan fingerprint density at radius 3 is 1.88 bits per heavy atom. The van der Waals surface area contributed by atoms with E-state index in [0.29, 0.717) is 5.56 Å². The third kappa shape index (κ3) is 4.29. The minimum absolute atomic E-state index is 0.0228. The van der Waals surface area contributed by atoms with Crippen LogP contribution < -0.4 is 4.72 Å². The molecule has 0 aliphatic carbocycles. The predicted molar refractivity (Wildman–Crippen MR) is 94.8 cm³/mol. The molecule has 130 valence electrons. The van der Waals surface area contributed by atoms with Crippen LogP contribution >= 0.6 is 23.2 Å². The van der Waals surface area contributed by atoms with Crippen LogP contribution in [0.2, 0.25) is 10.0 Å². The molecule has 2 rings (SSSR count). The zero-order valence-corrected chi connectivity index (χ0v) is 16.0. The van der Waals surface area contributed by atoms with Crippen molar-refractivity contribution in [1.82, 2.24) is 4.72 Å². The Hall–Kier alpha value is -1.12. The van der Waals surface area contributed by atoms with Gasteiger partial charge in [0.25, 0.3) is 0 Å². The highest BCUT2D eigenvalue weighted by Crippen LogP contribution is 2.30. The van der Waals surface area contributed by atoms with Crippen LogP contribution in [0.15, 0.2) is 52.3 Å². The highest BCUT2D eigenvalue weighted by atomic mass is 35.5. The molecular weight excluding hydrogens is 393 g/mol. The van der Waals surface area contributed by atoms with E-state index >= 15 is 0 Å². The first-order valence-electron chi connectivity index (χ1n) is 6.79. The van der Waals surface area contributed by atoms with Crippen molar-refractivity contribution in [1.29, 1.82) is 0 Å². The molecule has 5 nitrogen and oxygen atoms in total. The molecule has 0 radical (unpaired) electrons. The zero-order valence-electron chi connectivity index (χ0n) is 12.8. The SMILES string of the molecule is CC(NS(=O)(=O)c1c(Cl)cccc1Cl)c1ccc(S(C)(=O)=O)cc1. The summed E-state index contributed by atoms with van der Waals surface area (Å²) in [7, 11) is -7.25. The van der Waals surface area contributed by atoms with Gasteiger partial charge in [0.1, 0.15) is 4.90 Å². The fourth-order valence-corrected chi connectivity index (χ4v) is 5.11. The minimum atomic E-state index is -3.94. The van der Waals surface area contributed by atoms with Crippen molar-refractivity contribution in [3.05, 3.63) is 58.1 Å². The summed E-state index contributed by atoms with van der Waals surface area (Å²) in [5, 5.41) is 0.0456. The van der Waals surface area contributed by atoms with Gasteiger partial charge in [0, 0.05) is 12.3 Å². The molecule has 0 bridgehead atoms. The second-order valence-electron chi connectivity index (χ2n) is 5.23. The fourth-order valence-electron chi connectivity index (χ4n) is 2.10. The molecule has 0 aromatic heterocycles. The molecule has 1 unspecified atom stereocenters. The van der Waals surface area contributed by atoms with Crippen molar-refractivity contribution in [2.24, 2.45) is 0 Å². The summed E-state index contributed by atoms with van der Waals surface area (Å²) in [5.74, 6) is 0. The van der Waals surface area contributed by atoms with Crippen molar-refractivity contribution in [3.8, 4) is 0 Å². The van der Waals surface area contributed by atoms with E-state index in [4.69, 9.17) is 23.2 Å². The molecule has 9 heteroatoms. The van der Waals surface area contributed by atoms with E-state index in [0.717, 1.165) is 6.26 Å². The molecule has 2 aromatic rings. The molecule has 24 heavy (non-hydrogen) atoms. The Balaban J connectivity index is 2.30. The lowest BCUT2D eigenvalue weighted by atomic mass is 10.1. The van der Waals surface area contributed by atoms with Crippen LogP contribution in [0.1, 0.15) is 18.5 Å². The number of benzene rings is 2. The van der Waals surface area contributed by atoms with Crippen LogP contribution in [0.4, 0.5) is 0 Å². The summed E-state index contributed by atoms with van der Waals surface area (Å²) in [6.45, 7) is 1.64. The van der Waals surface area contributed by atoms with Gasteiger partial charge in [-0.3, -0.25) is 0 Å². The van der Waals surface area contributed by atoms with Gasteiger partial charge in [0.15, 0.2) is 9.84 Å². The van der Waals surface area contributed by atoms with Gasteiger partial charge in [-0.1, -0.05) is 41.4 Å². The molecular formula is C15H15Cl2NO4S2. The summed E-state index contributed by atoms with van der Waals surface area (Å²) in [6, 6.07) is 9.79. The van der Waals surface area contributed by atoms with Crippen molar-refractivity contribution in [3.63, 3.8) is 0 Å². The third-order valence-electron chi connectivity index (χ3n) is 3.33. The van der Waals surface area contributed by atoms with Gasteiger partial charge < -0.3 is 0 Å². The van der Waals surface area contributed by atoms with Gasteiger partial charge in [-0.2, -0.15) is 0 Å². The maximum absolute atomic E-state index is 12.5. The third-order valence-corrected chi connectivity index (χ3v) is 6.95. The number of hydrogen-bond acceptors (Lipinski definition) is 4. The van der Waals surface area contributed by atoms with Crippen molar-refractivity contribution in [2.45, 2.75) is 22.8 Å². The standard InChI is InChI=1S/C15H15Cl2NO4S2/c1-10(11-6-8-12(9-7-11)23(2,19)20)18-24(21,22)15-13(16)4-3-5-14(15)17/h3-10,18H,1-2H3. The highest BCUT2D eigenvalue weighted by molar-refractivity contribution is 7.90. The Morgan fingerprint density at radius 2 is 1.42 bits per heavy atom. The molecule has 0 saturated heterocycles. The molecule has 0 aliphatic heterocycles. The maximum atomic E-state index is 12.5. The Morgan fingerprint density at radius 1 is 0.917 bits per heavy atom. The molecule has 0 aliphatic rings. The van der Waals surface area contributed by atoms with E-state index in [1.807, 2.05) is 0 Å². The lowest BCUT2D eigenvalue weighted by Gasteiger charge is -2.16. The molecule has 0 fully saturated rings. The van der Waals surface area contributed by atoms with Crippen molar-refractivity contribution >= 4 is 43.1 Å². The van der Waals surface area contributed by atoms with Crippen molar-refractivity contribution < 1.29 is 16.8 Å². The van der Waals surface area contributed by atoms with Gasteiger partial charge in [0.2, 0.25) is 10.0 Å². The smallest absolute Gasteiger partial charge is 0.224 e. The monoisotopic (exact) mass is 407 g/mol. The van der Waals surface area contributed by atoms with Crippen LogP contribution in [-0.4, -0.2) is 23.1 Å². The van der Waals surface area contributed by atoms with E-state index in [2.05, 4.69) is 4.72 Å². The number of halogens is 2. The molecule has 1 atom stereocenters. The number of rotatable bonds is 5. The Kier molecular flexibility index (Phi) is 5.61. The molecule has 0 amide bonds. The van der Waals surface area contributed by atoms with Crippen LogP contribution in [0, 0.1) is 0 Å². The highest BCUT2D eigenvalue weighted by Gasteiger charge is 2.24. The van der Waals surface area contributed by atoms with E-state index in [1.54, 1.807) is 25.1 Å². The Bertz CT molecular complexity index is 935. The number of sulfonamides is 1. The summed E-state index contributed by atoms with van der Waals surface area (Å²) in [4.78, 5) is -0.0246. The number of sulfone groups is 1.